The van der Waals surface area contributed by atoms with Crippen LogP contribution >= 0.6 is 23.2 Å². The van der Waals surface area contributed by atoms with Crippen molar-refractivity contribution in [3.05, 3.63) is 69.8 Å². The molecule has 0 aliphatic carbocycles. The summed E-state index contributed by atoms with van der Waals surface area (Å²) in [6.07, 6.45) is 0. The molecule has 0 bridgehead atoms. The van der Waals surface area contributed by atoms with Crippen molar-refractivity contribution >= 4 is 46.4 Å². The Hall–Kier alpha value is -2.30. The molecular weight excluding hydrogens is 335 g/mol. The summed E-state index contributed by atoms with van der Waals surface area (Å²) in [5.41, 5.74) is 2.15. The minimum absolute atomic E-state index is 0.0576. The van der Waals surface area contributed by atoms with E-state index in [1.165, 1.54) is 6.07 Å². The van der Waals surface area contributed by atoms with E-state index in [9.17, 15) is 9.59 Å². The van der Waals surface area contributed by atoms with E-state index >= 15 is 0 Å². The monoisotopic (exact) mass is 346 g/mol. The molecule has 0 spiro atoms. The van der Waals surface area contributed by atoms with E-state index in [-0.39, 0.29) is 10.7 Å². The third kappa shape index (κ3) is 2.96. The molecule has 2 amide bonds. The van der Waals surface area contributed by atoms with Crippen LogP contribution in [0, 0.1) is 6.92 Å². The van der Waals surface area contributed by atoms with Gasteiger partial charge in [0.1, 0.15) is 10.7 Å². The Morgan fingerprint density at radius 2 is 1.70 bits per heavy atom. The van der Waals surface area contributed by atoms with E-state index in [0.717, 1.165) is 10.5 Å². The summed E-state index contributed by atoms with van der Waals surface area (Å²) in [6, 6.07) is 13.9. The molecule has 1 N–H and O–H groups in total. The van der Waals surface area contributed by atoms with Crippen LogP contribution in [0.3, 0.4) is 0 Å². The highest BCUT2D eigenvalue weighted by molar-refractivity contribution is 6.53. The second-order valence-corrected chi connectivity index (χ2v) is 5.92. The van der Waals surface area contributed by atoms with Crippen LogP contribution in [-0.2, 0) is 9.59 Å². The Kier molecular flexibility index (Phi) is 4.11. The third-order valence-electron chi connectivity index (χ3n) is 3.38. The van der Waals surface area contributed by atoms with Gasteiger partial charge in [-0.05, 0) is 42.8 Å². The smallest absolute Gasteiger partial charge is 0.283 e. The molecule has 0 aromatic heterocycles. The van der Waals surface area contributed by atoms with Crippen molar-refractivity contribution in [2.24, 2.45) is 0 Å². The zero-order valence-corrected chi connectivity index (χ0v) is 13.7. The lowest BCUT2D eigenvalue weighted by molar-refractivity contribution is -0.120. The average Bonchev–Trinajstić information content (AvgIpc) is 2.71. The number of halogens is 2. The largest absolute Gasteiger partial charge is 0.350 e. The normalized spacial score (nSPS) is 14.7. The number of hydrogen-bond acceptors (Lipinski definition) is 3. The summed E-state index contributed by atoms with van der Waals surface area (Å²) in [5.74, 6) is -1.09. The number of nitrogens with one attached hydrogen (secondary N) is 1. The molecule has 2 aromatic rings. The molecule has 0 radical (unpaired) electrons. The summed E-state index contributed by atoms with van der Waals surface area (Å²) in [6.45, 7) is 1.93. The van der Waals surface area contributed by atoms with Crippen LogP contribution in [0.25, 0.3) is 0 Å². The van der Waals surface area contributed by atoms with Crippen LogP contribution < -0.4 is 10.2 Å². The summed E-state index contributed by atoms with van der Waals surface area (Å²) < 4.78 is 0. The minimum Gasteiger partial charge on any atom is -0.350 e. The molecule has 0 fully saturated rings. The summed E-state index contributed by atoms with van der Waals surface area (Å²) in [5, 5.41) is 3.22. The van der Waals surface area contributed by atoms with Gasteiger partial charge in [-0.2, -0.15) is 0 Å². The minimum atomic E-state index is -0.575. The maximum atomic E-state index is 12.6. The molecule has 1 heterocycles. The van der Waals surface area contributed by atoms with Gasteiger partial charge in [0.15, 0.2) is 0 Å². The molecule has 2 aromatic carbocycles. The van der Waals surface area contributed by atoms with E-state index in [2.05, 4.69) is 5.32 Å². The van der Waals surface area contributed by atoms with Crippen LogP contribution in [0.1, 0.15) is 5.56 Å². The van der Waals surface area contributed by atoms with Crippen LogP contribution in [0.4, 0.5) is 11.4 Å². The highest BCUT2D eigenvalue weighted by atomic mass is 35.5. The Bertz CT molecular complexity index is 846. The number of carbonyl (C=O) groups excluding carboxylic acids is 2. The first-order chi connectivity index (χ1) is 11.0. The van der Waals surface area contributed by atoms with Crippen molar-refractivity contribution in [3.8, 4) is 0 Å². The van der Waals surface area contributed by atoms with E-state index in [1.54, 1.807) is 24.3 Å². The fraction of sp³-hybridized carbons (Fsp3) is 0.0588. The highest BCUT2D eigenvalue weighted by Gasteiger charge is 2.38. The van der Waals surface area contributed by atoms with Gasteiger partial charge >= 0.3 is 0 Å². The SMILES string of the molecule is Cc1cccc(NC2=C(Cl)C(=O)N(c3cccc(Cl)c3)C2=O)c1. The molecule has 0 saturated heterocycles. The zero-order chi connectivity index (χ0) is 16.6. The molecule has 116 valence electrons. The quantitative estimate of drug-likeness (QED) is 0.851. The van der Waals surface area contributed by atoms with Gasteiger partial charge in [0.25, 0.3) is 11.8 Å². The molecule has 4 nitrogen and oxygen atoms in total. The molecule has 0 unspecified atom stereocenters. The van der Waals surface area contributed by atoms with Gasteiger partial charge in [0.2, 0.25) is 0 Å². The van der Waals surface area contributed by atoms with Gasteiger partial charge in [-0.15, -0.1) is 0 Å². The van der Waals surface area contributed by atoms with Gasteiger partial charge < -0.3 is 5.32 Å². The number of aryl methyl sites for hydroxylation is 1. The average molecular weight is 347 g/mol. The molecule has 0 atom stereocenters. The van der Waals surface area contributed by atoms with Gasteiger partial charge in [0, 0.05) is 10.7 Å². The number of hydrogen-bond donors (Lipinski definition) is 1. The van der Waals surface area contributed by atoms with Crippen LogP contribution in [-0.4, -0.2) is 11.8 Å². The highest BCUT2D eigenvalue weighted by Crippen LogP contribution is 2.31. The second-order valence-electron chi connectivity index (χ2n) is 5.11. The topological polar surface area (TPSA) is 49.4 Å². The van der Waals surface area contributed by atoms with Crippen LogP contribution in [0.15, 0.2) is 59.3 Å². The number of anilines is 2. The van der Waals surface area contributed by atoms with E-state index in [4.69, 9.17) is 23.2 Å². The van der Waals surface area contributed by atoms with Gasteiger partial charge in [-0.1, -0.05) is 41.4 Å². The van der Waals surface area contributed by atoms with E-state index in [0.29, 0.717) is 16.4 Å². The molecular formula is C17H12Cl2N2O2. The molecule has 1 aliphatic heterocycles. The first-order valence-corrected chi connectivity index (χ1v) is 7.61. The van der Waals surface area contributed by atoms with Crippen molar-refractivity contribution < 1.29 is 9.59 Å². The van der Waals surface area contributed by atoms with Crippen LogP contribution in [0.5, 0.6) is 0 Å². The summed E-state index contributed by atoms with van der Waals surface area (Å²) in [7, 11) is 0. The third-order valence-corrected chi connectivity index (χ3v) is 3.97. The lowest BCUT2D eigenvalue weighted by Crippen LogP contribution is -2.32. The summed E-state index contributed by atoms with van der Waals surface area (Å²) >= 11 is 12.0. The predicted molar refractivity (Wildman–Crippen MR) is 91.6 cm³/mol. The maximum Gasteiger partial charge on any atom is 0.283 e. The Morgan fingerprint density at radius 1 is 0.957 bits per heavy atom. The Labute approximate surface area is 143 Å². The molecule has 3 rings (SSSR count). The van der Waals surface area contributed by atoms with Crippen molar-refractivity contribution in [1.29, 1.82) is 0 Å². The Morgan fingerprint density at radius 3 is 2.39 bits per heavy atom. The van der Waals surface area contributed by atoms with Crippen LogP contribution in [0.2, 0.25) is 5.02 Å². The van der Waals surface area contributed by atoms with Crippen molar-refractivity contribution in [2.75, 3.05) is 10.2 Å². The van der Waals surface area contributed by atoms with Gasteiger partial charge in [-0.25, -0.2) is 4.90 Å². The molecule has 0 saturated carbocycles. The van der Waals surface area contributed by atoms with Gasteiger partial charge in [-0.3, -0.25) is 9.59 Å². The number of nitrogens with zero attached hydrogens (tertiary/aromatic N) is 1. The fourth-order valence-electron chi connectivity index (χ4n) is 2.33. The molecule has 6 heteroatoms. The maximum absolute atomic E-state index is 12.6. The number of carbonyl (C=O) groups is 2. The Balaban J connectivity index is 1.93. The zero-order valence-electron chi connectivity index (χ0n) is 12.1. The standard InChI is InChI=1S/C17H12Cl2N2O2/c1-10-4-2-6-12(8-10)20-15-14(19)16(22)21(17(15)23)13-7-3-5-11(18)9-13/h2-9,20H,1H3. The first kappa shape index (κ1) is 15.6. The van der Waals surface area contributed by atoms with E-state index < -0.39 is 11.8 Å². The van der Waals surface area contributed by atoms with Crippen molar-refractivity contribution in [1.82, 2.24) is 0 Å². The summed E-state index contributed by atoms with van der Waals surface area (Å²) in [4.78, 5) is 25.9. The number of amides is 2. The number of rotatable bonds is 3. The van der Waals surface area contributed by atoms with E-state index in [1.807, 2.05) is 25.1 Å². The fourth-order valence-corrected chi connectivity index (χ4v) is 2.73. The van der Waals surface area contributed by atoms with Crippen molar-refractivity contribution in [3.63, 3.8) is 0 Å². The first-order valence-electron chi connectivity index (χ1n) is 6.85. The van der Waals surface area contributed by atoms with Crippen molar-refractivity contribution in [2.45, 2.75) is 6.92 Å². The second kappa shape index (κ2) is 6.07. The lowest BCUT2D eigenvalue weighted by Gasteiger charge is -2.15. The van der Waals surface area contributed by atoms with Gasteiger partial charge in [0.05, 0.1) is 5.69 Å². The molecule has 23 heavy (non-hydrogen) atoms. The predicted octanol–water partition coefficient (Wildman–Crippen LogP) is 4.08. The lowest BCUT2D eigenvalue weighted by atomic mass is 10.2. The number of benzene rings is 2. The molecule has 1 aliphatic rings. The number of imide groups is 1.